The fourth-order valence-corrected chi connectivity index (χ4v) is 3.31. The second-order valence-electron chi connectivity index (χ2n) is 6.59. The summed E-state index contributed by atoms with van der Waals surface area (Å²) in [6.45, 7) is 5.84. The first-order valence-corrected chi connectivity index (χ1v) is 8.59. The van der Waals surface area contributed by atoms with E-state index >= 15 is 0 Å². The lowest BCUT2D eigenvalue weighted by molar-refractivity contribution is -0.0320. The summed E-state index contributed by atoms with van der Waals surface area (Å²) in [5, 5.41) is 11.3. The fraction of sp³-hybridized carbons (Fsp3) is 0.429. The fourth-order valence-electron chi connectivity index (χ4n) is 3.31. The van der Waals surface area contributed by atoms with Crippen LogP contribution in [-0.4, -0.2) is 30.7 Å². The Morgan fingerprint density at radius 2 is 1.83 bits per heavy atom. The van der Waals surface area contributed by atoms with Crippen molar-refractivity contribution in [2.24, 2.45) is 5.92 Å². The number of rotatable bonds is 8. The van der Waals surface area contributed by atoms with Crippen molar-refractivity contribution in [2.75, 3.05) is 20.7 Å². The first-order chi connectivity index (χ1) is 11.5. The number of ether oxygens (including phenoxy) is 1. The SMILES string of the molecule is CC[C@@](O)(c1cccc(OC)c1)[C@@H](C)CN(C)Cc1ccccc1. The second kappa shape index (κ2) is 8.32. The summed E-state index contributed by atoms with van der Waals surface area (Å²) < 4.78 is 5.31. The maximum atomic E-state index is 11.3. The van der Waals surface area contributed by atoms with Gasteiger partial charge in [-0.05, 0) is 36.7 Å². The Bertz CT molecular complexity index is 629. The molecule has 2 atom stereocenters. The summed E-state index contributed by atoms with van der Waals surface area (Å²) in [5.74, 6) is 0.882. The third kappa shape index (κ3) is 4.37. The molecule has 2 rings (SSSR count). The molecule has 1 N–H and O–H groups in total. The average Bonchev–Trinajstić information content (AvgIpc) is 2.61. The van der Waals surface area contributed by atoms with Crippen molar-refractivity contribution in [1.29, 1.82) is 0 Å². The summed E-state index contributed by atoms with van der Waals surface area (Å²) in [7, 11) is 3.76. The van der Waals surface area contributed by atoms with Crippen molar-refractivity contribution >= 4 is 0 Å². The normalized spacial score (nSPS) is 15.1. The van der Waals surface area contributed by atoms with Crippen LogP contribution in [0, 0.1) is 5.92 Å². The molecule has 130 valence electrons. The van der Waals surface area contributed by atoms with E-state index in [1.165, 1.54) is 5.56 Å². The number of aliphatic hydroxyl groups is 1. The number of nitrogens with zero attached hydrogens (tertiary/aromatic N) is 1. The Balaban J connectivity index is 2.10. The highest BCUT2D eigenvalue weighted by molar-refractivity contribution is 5.32. The molecule has 0 radical (unpaired) electrons. The minimum Gasteiger partial charge on any atom is -0.497 e. The number of methoxy groups -OCH3 is 1. The van der Waals surface area contributed by atoms with Crippen LogP contribution < -0.4 is 4.74 Å². The van der Waals surface area contributed by atoms with Gasteiger partial charge in [0.25, 0.3) is 0 Å². The van der Waals surface area contributed by atoms with E-state index in [2.05, 4.69) is 43.1 Å². The van der Waals surface area contributed by atoms with E-state index in [9.17, 15) is 5.11 Å². The van der Waals surface area contributed by atoms with Crippen LogP contribution in [0.1, 0.15) is 31.4 Å². The van der Waals surface area contributed by atoms with E-state index in [-0.39, 0.29) is 5.92 Å². The number of benzene rings is 2. The van der Waals surface area contributed by atoms with Crippen molar-refractivity contribution in [3.05, 3.63) is 65.7 Å². The molecule has 2 aromatic carbocycles. The van der Waals surface area contributed by atoms with Crippen LogP contribution in [0.15, 0.2) is 54.6 Å². The molecule has 3 nitrogen and oxygen atoms in total. The summed E-state index contributed by atoms with van der Waals surface area (Å²) in [6, 6.07) is 18.2. The van der Waals surface area contributed by atoms with Gasteiger partial charge in [-0.25, -0.2) is 0 Å². The van der Waals surface area contributed by atoms with Crippen LogP contribution in [0.2, 0.25) is 0 Å². The predicted molar refractivity (Wildman–Crippen MR) is 99.1 cm³/mol. The Morgan fingerprint density at radius 3 is 2.46 bits per heavy atom. The Labute approximate surface area is 145 Å². The highest BCUT2D eigenvalue weighted by atomic mass is 16.5. The lowest BCUT2D eigenvalue weighted by Gasteiger charge is -2.36. The molecule has 0 fully saturated rings. The largest absolute Gasteiger partial charge is 0.497 e. The third-order valence-corrected chi connectivity index (χ3v) is 4.80. The zero-order valence-electron chi connectivity index (χ0n) is 15.2. The zero-order chi connectivity index (χ0) is 17.6. The maximum absolute atomic E-state index is 11.3. The Kier molecular flexibility index (Phi) is 6.41. The molecule has 0 spiro atoms. The first-order valence-electron chi connectivity index (χ1n) is 8.59. The topological polar surface area (TPSA) is 32.7 Å². The van der Waals surface area contributed by atoms with Gasteiger partial charge in [0.05, 0.1) is 12.7 Å². The van der Waals surface area contributed by atoms with E-state index in [4.69, 9.17) is 4.74 Å². The van der Waals surface area contributed by atoms with Gasteiger partial charge >= 0.3 is 0 Å². The van der Waals surface area contributed by atoms with Crippen molar-refractivity contribution in [3.8, 4) is 5.75 Å². The van der Waals surface area contributed by atoms with Gasteiger partial charge in [-0.3, -0.25) is 0 Å². The first kappa shape index (κ1) is 18.5. The molecule has 0 amide bonds. The highest BCUT2D eigenvalue weighted by Crippen LogP contribution is 2.35. The molecule has 0 aliphatic carbocycles. The standard InChI is InChI=1S/C21H29NO2/c1-5-21(23,19-12-9-13-20(14-19)24-4)17(2)15-22(3)16-18-10-7-6-8-11-18/h6-14,17,23H,5,15-16H2,1-4H3/t17-,21-/m0/s1. The molecule has 0 saturated heterocycles. The average molecular weight is 327 g/mol. The molecule has 3 heteroatoms. The maximum Gasteiger partial charge on any atom is 0.119 e. The lowest BCUT2D eigenvalue weighted by atomic mass is 9.80. The Hall–Kier alpha value is -1.84. The van der Waals surface area contributed by atoms with Gasteiger partial charge in [-0.15, -0.1) is 0 Å². The summed E-state index contributed by atoms with van der Waals surface area (Å²) in [5.41, 5.74) is 1.35. The van der Waals surface area contributed by atoms with Gasteiger partial charge in [-0.2, -0.15) is 0 Å². The molecule has 0 unspecified atom stereocenters. The van der Waals surface area contributed by atoms with Gasteiger partial charge in [-0.1, -0.05) is 56.3 Å². The molecule has 0 bridgehead atoms. The van der Waals surface area contributed by atoms with Crippen LogP contribution >= 0.6 is 0 Å². The number of hydrogen-bond donors (Lipinski definition) is 1. The highest BCUT2D eigenvalue weighted by Gasteiger charge is 2.34. The van der Waals surface area contributed by atoms with Gasteiger partial charge < -0.3 is 14.7 Å². The van der Waals surface area contributed by atoms with Crippen LogP contribution in [0.25, 0.3) is 0 Å². The molecule has 0 aliphatic rings. The molecule has 0 aliphatic heterocycles. The molecule has 0 aromatic heterocycles. The summed E-state index contributed by atoms with van der Waals surface area (Å²) in [6.07, 6.45) is 0.667. The minimum atomic E-state index is -0.862. The van der Waals surface area contributed by atoms with Crippen LogP contribution in [0.5, 0.6) is 5.75 Å². The van der Waals surface area contributed by atoms with E-state index in [0.29, 0.717) is 6.42 Å². The summed E-state index contributed by atoms with van der Waals surface area (Å²) >= 11 is 0. The predicted octanol–water partition coefficient (Wildman–Crippen LogP) is 4.06. The van der Waals surface area contributed by atoms with Gasteiger partial charge in [0.2, 0.25) is 0 Å². The smallest absolute Gasteiger partial charge is 0.119 e. The van der Waals surface area contributed by atoms with E-state index in [1.807, 2.05) is 37.3 Å². The molecular formula is C21H29NO2. The molecule has 24 heavy (non-hydrogen) atoms. The van der Waals surface area contributed by atoms with Crippen molar-refractivity contribution in [2.45, 2.75) is 32.4 Å². The van der Waals surface area contributed by atoms with Crippen LogP contribution in [0.3, 0.4) is 0 Å². The molecule has 0 heterocycles. The minimum absolute atomic E-state index is 0.100. The number of hydrogen-bond acceptors (Lipinski definition) is 3. The van der Waals surface area contributed by atoms with E-state index in [0.717, 1.165) is 24.4 Å². The molecule has 2 aromatic rings. The zero-order valence-corrected chi connectivity index (χ0v) is 15.2. The Morgan fingerprint density at radius 1 is 1.12 bits per heavy atom. The third-order valence-electron chi connectivity index (χ3n) is 4.80. The van der Waals surface area contributed by atoms with Crippen molar-refractivity contribution in [1.82, 2.24) is 4.90 Å². The van der Waals surface area contributed by atoms with Crippen molar-refractivity contribution < 1.29 is 9.84 Å². The lowest BCUT2D eigenvalue weighted by Crippen LogP contribution is -2.39. The van der Waals surface area contributed by atoms with E-state index in [1.54, 1.807) is 7.11 Å². The van der Waals surface area contributed by atoms with Gasteiger partial charge in [0, 0.05) is 19.0 Å². The summed E-state index contributed by atoms with van der Waals surface area (Å²) in [4.78, 5) is 2.26. The molecular weight excluding hydrogens is 298 g/mol. The van der Waals surface area contributed by atoms with Crippen LogP contribution in [0.4, 0.5) is 0 Å². The monoisotopic (exact) mass is 327 g/mol. The molecule has 0 saturated carbocycles. The van der Waals surface area contributed by atoms with E-state index < -0.39 is 5.60 Å². The second-order valence-corrected chi connectivity index (χ2v) is 6.59. The van der Waals surface area contributed by atoms with Crippen LogP contribution in [-0.2, 0) is 12.1 Å². The quantitative estimate of drug-likeness (QED) is 0.793. The van der Waals surface area contributed by atoms with Gasteiger partial charge in [0.1, 0.15) is 5.75 Å². The van der Waals surface area contributed by atoms with Gasteiger partial charge in [0.15, 0.2) is 0 Å². The van der Waals surface area contributed by atoms with Crippen molar-refractivity contribution in [3.63, 3.8) is 0 Å².